The van der Waals surface area contributed by atoms with Crippen LogP contribution in [0.4, 0.5) is 15.6 Å². The monoisotopic (exact) mass is 385 g/mol. The van der Waals surface area contributed by atoms with Crippen LogP contribution in [0.1, 0.15) is 18.5 Å². The van der Waals surface area contributed by atoms with Gasteiger partial charge in [0.1, 0.15) is 0 Å². The molecule has 0 aliphatic carbocycles. The lowest BCUT2D eigenvalue weighted by atomic mass is 10.0. The minimum atomic E-state index is -0.116. The van der Waals surface area contributed by atoms with Gasteiger partial charge in [-0.15, -0.1) is 11.3 Å². The van der Waals surface area contributed by atoms with Gasteiger partial charge in [0.15, 0.2) is 5.13 Å². The quantitative estimate of drug-likeness (QED) is 0.828. The predicted octanol–water partition coefficient (Wildman–Crippen LogP) is 2.32. The Hall–Kier alpha value is -2.61. The Morgan fingerprint density at radius 2 is 2.00 bits per heavy atom. The Morgan fingerprint density at radius 1 is 1.22 bits per heavy atom. The number of thiazole rings is 1. The molecule has 8 heteroatoms. The van der Waals surface area contributed by atoms with Crippen LogP contribution in [0.15, 0.2) is 35.7 Å². The Labute approximate surface area is 162 Å². The van der Waals surface area contributed by atoms with E-state index in [1.165, 1.54) is 11.3 Å². The van der Waals surface area contributed by atoms with Gasteiger partial charge in [-0.05, 0) is 25.0 Å². The first-order chi connectivity index (χ1) is 13.2. The van der Waals surface area contributed by atoms with Crippen molar-refractivity contribution in [2.75, 3.05) is 36.4 Å². The third kappa shape index (κ3) is 4.21. The Bertz CT molecular complexity index is 801. The van der Waals surface area contributed by atoms with Crippen LogP contribution in [-0.4, -0.2) is 54.0 Å². The molecule has 0 spiro atoms. The van der Waals surface area contributed by atoms with Gasteiger partial charge in [0, 0.05) is 43.3 Å². The number of para-hydroxylation sites is 1. The molecule has 3 amide bonds. The first-order valence-corrected chi connectivity index (χ1v) is 10.2. The molecule has 2 aliphatic rings. The number of hydrogen-bond donors (Lipinski definition) is 2. The topological polar surface area (TPSA) is 77.6 Å². The number of carbonyl (C=O) groups excluding carboxylic acids is 2. The molecule has 2 fully saturated rings. The van der Waals surface area contributed by atoms with E-state index >= 15 is 0 Å². The maximum absolute atomic E-state index is 12.6. The highest BCUT2D eigenvalue weighted by molar-refractivity contribution is 7.14. The van der Waals surface area contributed by atoms with Crippen LogP contribution in [0.3, 0.4) is 0 Å². The molecule has 0 radical (unpaired) electrons. The molecule has 2 aliphatic heterocycles. The third-order valence-corrected chi connectivity index (χ3v) is 5.86. The van der Waals surface area contributed by atoms with E-state index < -0.39 is 0 Å². The number of amides is 3. The average Bonchev–Trinajstić information content (AvgIpc) is 3.32. The Kier molecular flexibility index (Phi) is 5.24. The molecule has 1 aromatic heterocycles. The largest absolute Gasteiger partial charge is 0.382 e. The number of piperidine rings is 1. The molecule has 142 valence electrons. The van der Waals surface area contributed by atoms with Crippen LogP contribution in [0, 0.1) is 0 Å². The number of anilines is 2. The van der Waals surface area contributed by atoms with E-state index in [1.807, 2.05) is 28.5 Å². The summed E-state index contributed by atoms with van der Waals surface area (Å²) in [6.07, 6.45) is 2.18. The molecule has 3 heterocycles. The van der Waals surface area contributed by atoms with Crippen molar-refractivity contribution in [2.24, 2.45) is 0 Å². The molecule has 7 nitrogen and oxygen atoms in total. The van der Waals surface area contributed by atoms with E-state index in [1.54, 1.807) is 4.90 Å². The van der Waals surface area contributed by atoms with Gasteiger partial charge in [-0.25, -0.2) is 9.78 Å². The van der Waals surface area contributed by atoms with E-state index in [9.17, 15) is 9.59 Å². The molecule has 0 saturated carbocycles. The summed E-state index contributed by atoms with van der Waals surface area (Å²) in [5.74, 6) is 0.107. The van der Waals surface area contributed by atoms with E-state index in [4.69, 9.17) is 0 Å². The number of nitrogens with one attached hydrogen (secondary N) is 2. The number of urea groups is 1. The van der Waals surface area contributed by atoms with Gasteiger partial charge in [-0.3, -0.25) is 9.69 Å². The summed E-state index contributed by atoms with van der Waals surface area (Å²) in [4.78, 5) is 32.3. The molecule has 1 aromatic carbocycles. The van der Waals surface area contributed by atoms with Crippen molar-refractivity contribution in [3.05, 3.63) is 41.4 Å². The van der Waals surface area contributed by atoms with Gasteiger partial charge in [-0.1, -0.05) is 18.2 Å². The standard InChI is InChI=1S/C19H23N5O2S/c25-17(12-16-13-27-19(22-16)24-11-8-20-18(24)26)23-9-6-15(7-10-23)21-14-4-2-1-3-5-14/h1-5,13,15,21H,6-12H2,(H,20,26). The molecular weight excluding hydrogens is 362 g/mol. The van der Waals surface area contributed by atoms with Crippen molar-refractivity contribution in [1.82, 2.24) is 15.2 Å². The normalized spacial score (nSPS) is 17.9. The van der Waals surface area contributed by atoms with E-state index in [0.717, 1.165) is 37.3 Å². The second-order valence-corrected chi connectivity index (χ2v) is 7.68. The SMILES string of the molecule is O=C(Cc1csc(N2CCNC2=O)n1)N1CCC(Nc2ccccc2)CC1. The molecule has 0 atom stereocenters. The number of hydrogen-bond acceptors (Lipinski definition) is 5. The number of nitrogens with zero attached hydrogens (tertiary/aromatic N) is 3. The zero-order chi connectivity index (χ0) is 18.6. The van der Waals surface area contributed by atoms with E-state index in [0.29, 0.717) is 30.7 Å². The third-order valence-electron chi connectivity index (χ3n) is 4.95. The van der Waals surface area contributed by atoms with Gasteiger partial charge in [-0.2, -0.15) is 0 Å². The maximum Gasteiger partial charge on any atom is 0.323 e. The first-order valence-electron chi connectivity index (χ1n) is 9.28. The van der Waals surface area contributed by atoms with E-state index in [2.05, 4.69) is 27.8 Å². The van der Waals surface area contributed by atoms with Crippen LogP contribution in [-0.2, 0) is 11.2 Å². The molecule has 2 saturated heterocycles. The van der Waals surface area contributed by atoms with Crippen LogP contribution in [0.2, 0.25) is 0 Å². The summed E-state index contributed by atoms with van der Waals surface area (Å²) in [6.45, 7) is 2.78. The summed E-state index contributed by atoms with van der Waals surface area (Å²) in [7, 11) is 0. The minimum Gasteiger partial charge on any atom is -0.382 e. The highest BCUT2D eigenvalue weighted by atomic mass is 32.1. The number of carbonyl (C=O) groups is 2. The summed E-state index contributed by atoms with van der Waals surface area (Å²) in [5.41, 5.74) is 1.87. The molecule has 0 unspecified atom stereocenters. The minimum absolute atomic E-state index is 0.107. The molecule has 4 rings (SSSR count). The number of aromatic nitrogens is 1. The van der Waals surface area contributed by atoms with Crippen molar-refractivity contribution in [3.8, 4) is 0 Å². The smallest absolute Gasteiger partial charge is 0.323 e. The van der Waals surface area contributed by atoms with Crippen LogP contribution in [0.5, 0.6) is 0 Å². The second kappa shape index (κ2) is 7.96. The van der Waals surface area contributed by atoms with Gasteiger partial charge >= 0.3 is 6.03 Å². The zero-order valence-corrected chi connectivity index (χ0v) is 15.9. The van der Waals surface area contributed by atoms with Crippen molar-refractivity contribution in [3.63, 3.8) is 0 Å². The Morgan fingerprint density at radius 3 is 2.70 bits per heavy atom. The van der Waals surface area contributed by atoms with Gasteiger partial charge in [0.2, 0.25) is 5.91 Å². The highest BCUT2D eigenvalue weighted by Crippen LogP contribution is 2.23. The van der Waals surface area contributed by atoms with Gasteiger partial charge in [0.25, 0.3) is 0 Å². The van der Waals surface area contributed by atoms with Crippen LogP contribution in [0.25, 0.3) is 0 Å². The fourth-order valence-electron chi connectivity index (χ4n) is 3.47. The number of rotatable bonds is 5. The van der Waals surface area contributed by atoms with Crippen LogP contribution >= 0.6 is 11.3 Å². The average molecular weight is 385 g/mol. The zero-order valence-electron chi connectivity index (χ0n) is 15.1. The molecular formula is C19H23N5O2S. The maximum atomic E-state index is 12.6. The lowest BCUT2D eigenvalue weighted by molar-refractivity contribution is -0.131. The second-order valence-electron chi connectivity index (χ2n) is 6.85. The predicted molar refractivity (Wildman–Crippen MR) is 106 cm³/mol. The van der Waals surface area contributed by atoms with Crippen molar-refractivity contribution >= 4 is 34.1 Å². The summed E-state index contributed by atoms with van der Waals surface area (Å²) < 4.78 is 0. The van der Waals surface area contributed by atoms with Crippen molar-refractivity contribution in [2.45, 2.75) is 25.3 Å². The number of likely N-dealkylation sites (tertiary alicyclic amines) is 1. The fraction of sp³-hybridized carbons (Fsp3) is 0.421. The van der Waals surface area contributed by atoms with E-state index in [-0.39, 0.29) is 11.9 Å². The molecule has 0 bridgehead atoms. The lowest BCUT2D eigenvalue weighted by Gasteiger charge is -2.33. The van der Waals surface area contributed by atoms with Gasteiger partial charge < -0.3 is 15.5 Å². The Balaban J connectivity index is 1.27. The summed E-state index contributed by atoms with van der Waals surface area (Å²) >= 11 is 1.41. The summed E-state index contributed by atoms with van der Waals surface area (Å²) in [5, 5.41) is 8.84. The van der Waals surface area contributed by atoms with Gasteiger partial charge in [0.05, 0.1) is 12.1 Å². The van der Waals surface area contributed by atoms with Crippen molar-refractivity contribution in [1.29, 1.82) is 0 Å². The fourth-order valence-corrected chi connectivity index (χ4v) is 4.31. The molecule has 2 N–H and O–H groups in total. The lowest BCUT2D eigenvalue weighted by Crippen LogP contribution is -2.43. The first kappa shape index (κ1) is 17.8. The van der Waals surface area contributed by atoms with Crippen LogP contribution < -0.4 is 15.5 Å². The summed E-state index contributed by atoms with van der Waals surface area (Å²) in [6, 6.07) is 10.5. The number of benzene rings is 1. The van der Waals surface area contributed by atoms with Crippen molar-refractivity contribution < 1.29 is 9.59 Å². The molecule has 2 aromatic rings. The highest BCUT2D eigenvalue weighted by Gasteiger charge is 2.26. The molecule has 27 heavy (non-hydrogen) atoms.